The van der Waals surface area contributed by atoms with Crippen molar-refractivity contribution >= 4 is 48.9 Å². The van der Waals surface area contributed by atoms with Gasteiger partial charge < -0.3 is 4.90 Å². The Morgan fingerprint density at radius 2 is 1.86 bits per heavy atom. The van der Waals surface area contributed by atoms with Crippen LogP contribution in [0.15, 0.2) is 51.8 Å². The highest BCUT2D eigenvalue weighted by molar-refractivity contribution is 9.10. The molecule has 1 N–H and O–H groups in total. The molecular formula is C14H14BrClN2O2S. The predicted octanol–water partition coefficient (Wildman–Crippen LogP) is 3.97. The van der Waals surface area contributed by atoms with Crippen molar-refractivity contribution in [2.24, 2.45) is 0 Å². The van der Waals surface area contributed by atoms with E-state index in [1.807, 2.05) is 25.1 Å². The van der Waals surface area contributed by atoms with Gasteiger partial charge in [0.1, 0.15) is 0 Å². The molecule has 0 unspecified atom stereocenters. The predicted molar refractivity (Wildman–Crippen MR) is 90.7 cm³/mol. The summed E-state index contributed by atoms with van der Waals surface area (Å²) in [6, 6.07) is 11.6. The molecule has 0 spiro atoms. The maximum Gasteiger partial charge on any atom is 0.261 e. The van der Waals surface area contributed by atoms with Gasteiger partial charge in [0.2, 0.25) is 0 Å². The van der Waals surface area contributed by atoms with Crippen molar-refractivity contribution in [3.8, 4) is 0 Å². The second-order valence-corrected chi connectivity index (χ2v) is 7.57. The number of rotatable bonds is 4. The van der Waals surface area contributed by atoms with Crippen molar-refractivity contribution in [2.45, 2.75) is 4.90 Å². The second-order valence-electron chi connectivity index (χ2n) is 4.63. The third kappa shape index (κ3) is 3.90. The molecule has 2 rings (SSSR count). The van der Waals surface area contributed by atoms with Gasteiger partial charge in [-0.05, 0) is 52.3 Å². The number of anilines is 2. The summed E-state index contributed by atoms with van der Waals surface area (Å²) in [5.74, 6) is 0. The molecule has 0 saturated heterocycles. The van der Waals surface area contributed by atoms with Gasteiger partial charge in [-0.15, -0.1) is 0 Å². The molecule has 0 atom stereocenters. The summed E-state index contributed by atoms with van der Waals surface area (Å²) in [5.41, 5.74) is 1.42. The van der Waals surface area contributed by atoms with Crippen LogP contribution in [-0.4, -0.2) is 22.5 Å². The van der Waals surface area contributed by atoms with Gasteiger partial charge in [0.05, 0.1) is 15.6 Å². The van der Waals surface area contributed by atoms with E-state index in [0.29, 0.717) is 15.2 Å². The van der Waals surface area contributed by atoms with Crippen LogP contribution in [0.25, 0.3) is 0 Å². The van der Waals surface area contributed by atoms with Gasteiger partial charge in [-0.2, -0.15) is 0 Å². The lowest BCUT2D eigenvalue weighted by atomic mass is 10.3. The van der Waals surface area contributed by atoms with Crippen molar-refractivity contribution in [2.75, 3.05) is 23.7 Å². The normalized spacial score (nSPS) is 11.2. The highest BCUT2D eigenvalue weighted by atomic mass is 79.9. The summed E-state index contributed by atoms with van der Waals surface area (Å²) in [5, 5.41) is 0.462. The van der Waals surface area contributed by atoms with Gasteiger partial charge in [-0.25, -0.2) is 8.42 Å². The van der Waals surface area contributed by atoms with Crippen molar-refractivity contribution in [3.63, 3.8) is 0 Å². The molecule has 0 fully saturated rings. The topological polar surface area (TPSA) is 49.4 Å². The SMILES string of the molecule is CN(C)c1cccc(NS(=O)(=O)c2ccc(Cl)c(Br)c2)c1. The monoisotopic (exact) mass is 388 g/mol. The standard InChI is InChI=1S/C14H14BrClN2O2S/c1-18(2)11-5-3-4-10(8-11)17-21(19,20)12-6-7-14(16)13(15)9-12/h3-9,17H,1-2H3. The van der Waals surface area contributed by atoms with Crippen LogP contribution in [0.2, 0.25) is 5.02 Å². The lowest BCUT2D eigenvalue weighted by molar-refractivity contribution is 0.601. The Labute approximate surface area is 137 Å². The number of sulfonamides is 1. The van der Waals surface area contributed by atoms with Gasteiger partial charge in [0, 0.05) is 24.3 Å². The summed E-state index contributed by atoms with van der Waals surface area (Å²) >= 11 is 9.10. The summed E-state index contributed by atoms with van der Waals surface area (Å²) in [7, 11) is 0.133. The van der Waals surface area contributed by atoms with Crippen molar-refractivity contribution in [1.82, 2.24) is 0 Å². The molecule has 112 valence electrons. The van der Waals surface area contributed by atoms with Crippen molar-refractivity contribution < 1.29 is 8.42 Å². The molecule has 0 aromatic heterocycles. The van der Waals surface area contributed by atoms with Crippen molar-refractivity contribution in [1.29, 1.82) is 0 Å². The Bertz CT molecular complexity index is 763. The molecule has 2 aromatic carbocycles. The summed E-state index contributed by atoms with van der Waals surface area (Å²) in [6.45, 7) is 0. The molecule has 0 amide bonds. The van der Waals surface area contributed by atoms with E-state index in [1.165, 1.54) is 18.2 Å². The molecule has 0 aliphatic heterocycles. The summed E-state index contributed by atoms with van der Waals surface area (Å²) in [4.78, 5) is 2.05. The smallest absolute Gasteiger partial charge is 0.261 e. The zero-order valence-corrected chi connectivity index (χ0v) is 14.6. The van der Waals surface area contributed by atoms with E-state index in [0.717, 1.165) is 5.69 Å². The first-order chi connectivity index (χ1) is 9.79. The third-order valence-electron chi connectivity index (χ3n) is 2.82. The first kappa shape index (κ1) is 16.1. The number of nitrogens with one attached hydrogen (secondary N) is 1. The number of halogens is 2. The lowest BCUT2D eigenvalue weighted by Gasteiger charge is -2.14. The van der Waals surface area contributed by atoms with Crippen LogP contribution in [0.3, 0.4) is 0 Å². The highest BCUT2D eigenvalue weighted by Gasteiger charge is 2.15. The molecule has 0 heterocycles. The van der Waals surface area contributed by atoms with E-state index in [9.17, 15) is 8.42 Å². The zero-order chi connectivity index (χ0) is 15.6. The minimum Gasteiger partial charge on any atom is -0.378 e. The Hall–Kier alpha value is -1.24. The van der Waals surface area contributed by atoms with E-state index in [4.69, 9.17) is 11.6 Å². The van der Waals surface area contributed by atoms with Crippen LogP contribution in [0, 0.1) is 0 Å². The molecule has 7 heteroatoms. The number of hydrogen-bond donors (Lipinski definition) is 1. The number of hydrogen-bond acceptors (Lipinski definition) is 3. The van der Waals surface area contributed by atoms with Crippen LogP contribution in [-0.2, 0) is 10.0 Å². The Morgan fingerprint density at radius 1 is 1.14 bits per heavy atom. The van der Waals surface area contributed by atoms with Crippen LogP contribution in [0.1, 0.15) is 0 Å². The molecule has 0 saturated carbocycles. The minimum absolute atomic E-state index is 0.147. The maximum atomic E-state index is 12.4. The van der Waals surface area contributed by atoms with E-state index >= 15 is 0 Å². The molecule has 0 aliphatic carbocycles. The zero-order valence-electron chi connectivity index (χ0n) is 11.5. The first-order valence-electron chi connectivity index (χ1n) is 6.05. The van der Waals surface area contributed by atoms with Crippen molar-refractivity contribution in [3.05, 3.63) is 52.0 Å². The minimum atomic E-state index is -3.65. The molecule has 0 bridgehead atoms. The highest BCUT2D eigenvalue weighted by Crippen LogP contribution is 2.27. The van der Waals surface area contributed by atoms with Crippen LogP contribution < -0.4 is 9.62 Å². The average molecular weight is 390 g/mol. The number of benzene rings is 2. The van der Waals surface area contributed by atoms with Gasteiger partial charge in [-0.1, -0.05) is 17.7 Å². The van der Waals surface area contributed by atoms with Crippen LogP contribution in [0.4, 0.5) is 11.4 Å². The molecule has 2 aromatic rings. The molecule has 21 heavy (non-hydrogen) atoms. The Morgan fingerprint density at radius 3 is 2.48 bits per heavy atom. The van der Waals surface area contributed by atoms with E-state index < -0.39 is 10.0 Å². The average Bonchev–Trinajstić information content (AvgIpc) is 2.41. The maximum absolute atomic E-state index is 12.4. The van der Waals surface area contributed by atoms with Crippen LogP contribution in [0.5, 0.6) is 0 Å². The van der Waals surface area contributed by atoms with Gasteiger partial charge in [0.15, 0.2) is 0 Å². The van der Waals surface area contributed by atoms with E-state index in [2.05, 4.69) is 20.7 Å². The Kier molecular flexibility index (Phi) is 4.81. The fourth-order valence-electron chi connectivity index (χ4n) is 1.71. The summed E-state index contributed by atoms with van der Waals surface area (Å²) in [6.07, 6.45) is 0. The van der Waals surface area contributed by atoms with Gasteiger partial charge >= 0.3 is 0 Å². The van der Waals surface area contributed by atoms with Gasteiger partial charge in [0.25, 0.3) is 10.0 Å². The number of nitrogens with zero attached hydrogens (tertiary/aromatic N) is 1. The van der Waals surface area contributed by atoms with Crippen LogP contribution >= 0.6 is 27.5 Å². The first-order valence-corrected chi connectivity index (χ1v) is 8.70. The lowest BCUT2D eigenvalue weighted by Crippen LogP contribution is -2.14. The third-order valence-corrected chi connectivity index (χ3v) is 5.41. The molecular weight excluding hydrogens is 376 g/mol. The fraction of sp³-hybridized carbons (Fsp3) is 0.143. The Balaban J connectivity index is 2.33. The fourth-order valence-corrected chi connectivity index (χ4v) is 3.43. The second kappa shape index (κ2) is 6.25. The van der Waals surface area contributed by atoms with E-state index in [1.54, 1.807) is 18.2 Å². The summed E-state index contributed by atoms with van der Waals surface area (Å²) < 4.78 is 27.8. The quantitative estimate of drug-likeness (QED) is 0.861. The van der Waals surface area contributed by atoms with Gasteiger partial charge in [-0.3, -0.25) is 4.72 Å². The molecule has 0 aliphatic rings. The molecule has 0 radical (unpaired) electrons. The molecule has 4 nitrogen and oxygen atoms in total. The van der Waals surface area contributed by atoms with E-state index in [-0.39, 0.29) is 4.90 Å². The largest absolute Gasteiger partial charge is 0.378 e.